The van der Waals surface area contributed by atoms with E-state index in [1.54, 1.807) is 70.2 Å². The minimum atomic E-state index is -4.02. The van der Waals surface area contributed by atoms with E-state index in [1.807, 2.05) is 6.92 Å². The van der Waals surface area contributed by atoms with Crippen LogP contribution in [0.1, 0.15) is 51.5 Å². The maximum atomic E-state index is 12.9. The lowest BCUT2D eigenvalue weighted by Gasteiger charge is -2.47. The molecule has 0 aliphatic carbocycles. The van der Waals surface area contributed by atoms with Gasteiger partial charge in [-0.3, -0.25) is 9.35 Å². The minimum Gasteiger partial charge on any atom is -0.505 e. The molecule has 5 N–H and O–H groups in total. The summed E-state index contributed by atoms with van der Waals surface area (Å²) in [6, 6.07) is 17.1. The predicted octanol–water partition coefficient (Wildman–Crippen LogP) is 4.45. The van der Waals surface area contributed by atoms with Gasteiger partial charge in [-0.2, -0.15) is 8.42 Å². The fraction of sp³-hybridized carbons (Fsp3) is 0.297. The van der Waals surface area contributed by atoms with Crippen molar-refractivity contribution in [2.45, 2.75) is 69.7 Å². The van der Waals surface area contributed by atoms with Crippen LogP contribution < -0.4 is 15.7 Å². The van der Waals surface area contributed by atoms with Crippen molar-refractivity contribution in [3.8, 4) is 11.5 Å². The molecule has 1 fully saturated rings. The van der Waals surface area contributed by atoms with Gasteiger partial charge in [0.05, 0.1) is 22.2 Å². The number of benzene rings is 3. The molecule has 286 valence electrons. The average molecular weight is 766 g/mol. The molecular weight excluding hydrogens is 726 g/mol. The highest BCUT2D eigenvalue weighted by Crippen LogP contribution is 2.38. The maximum Gasteiger partial charge on any atom is 0.364 e. The third-order valence-corrected chi connectivity index (χ3v) is 9.49. The van der Waals surface area contributed by atoms with Gasteiger partial charge in [0.2, 0.25) is 6.29 Å². The number of nitrogens with one attached hydrogen (secondary N) is 2. The Balaban J connectivity index is 0.000000438. The Bertz CT molecular complexity index is 2320. The summed E-state index contributed by atoms with van der Waals surface area (Å²) >= 11 is 0. The summed E-state index contributed by atoms with van der Waals surface area (Å²) in [5.41, 5.74) is -0.394. The Labute approximate surface area is 309 Å². The predicted molar refractivity (Wildman–Crippen MR) is 193 cm³/mol. The molecule has 3 aromatic carbocycles. The van der Waals surface area contributed by atoms with Crippen molar-refractivity contribution in [3.63, 3.8) is 0 Å². The number of imidazole rings is 1. The molecule has 1 aliphatic heterocycles. The lowest BCUT2D eigenvalue weighted by atomic mass is 9.89. The van der Waals surface area contributed by atoms with Gasteiger partial charge in [-0.05, 0) is 71.0 Å². The van der Waals surface area contributed by atoms with E-state index in [1.165, 1.54) is 37.7 Å². The van der Waals surface area contributed by atoms with E-state index in [9.17, 15) is 33.0 Å². The Morgan fingerprint density at radius 3 is 2.26 bits per heavy atom. The SMILES string of the molecule is COC1C(OC(=O)c2nc[nH]c2C)C(O)C(Oc2ccc3c(O)c(NC(=O)c4ccccc4)c(=O)oc3c2C)OC1(C)C.Cc1ccc(S(=O)(=O)O)cc1. The number of aliphatic hydroxyl groups excluding tert-OH is 1. The maximum absolute atomic E-state index is 12.9. The van der Waals surface area contributed by atoms with Gasteiger partial charge in [0, 0.05) is 23.9 Å². The van der Waals surface area contributed by atoms with E-state index in [0.29, 0.717) is 11.3 Å². The van der Waals surface area contributed by atoms with Gasteiger partial charge >= 0.3 is 11.6 Å². The third kappa shape index (κ3) is 8.45. The van der Waals surface area contributed by atoms with Crippen LogP contribution in [0.25, 0.3) is 11.0 Å². The number of hydrogen-bond acceptors (Lipinski definition) is 13. The number of esters is 1. The van der Waals surface area contributed by atoms with Crippen molar-refractivity contribution in [3.05, 3.63) is 112 Å². The second-order valence-corrected chi connectivity index (χ2v) is 14.3. The first kappa shape index (κ1) is 39.6. The number of H-pyrrole nitrogens is 1. The van der Waals surface area contributed by atoms with Crippen LogP contribution in [0.15, 0.2) is 87.2 Å². The summed E-state index contributed by atoms with van der Waals surface area (Å²) < 4.78 is 58.3. The standard InChI is InChI=1S/C30H31N3O10.C7H8O3S/c1-14-18(12-11-17-21(34)20(28(38)41-23(14)17)33-26(36)16-9-7-6-8-10-16)40-29-22(35)24(25(39-5)30(3,4)43-29)42-27(37)19-15(2)31-13-32-19;1-6-2-4-7(5-3-6)11(8,9)10/h6-13,22,24-25,29,34-35H,1-5H3,(H,31,32)(H,33,36);2-5H,1H3,(H,8,9,10). The average Bonchev–Trinajstić information content (AvgIpc) is 3.56. The van der Waals surface area contributed by atoms with Gasteiger partial charge < -0.3 is 43.9 Å². The van der Waals surface area contributed by atoms with E-state index in [2.05, 4.69) is 15.3 Å². The third-order valence-electron chi connectivity index (χ3n) is 8.62. The van der Waals surface area contributed by atoms with Crippen LogP contribution in [-0.2, 0) is 24.3 Å². The number of rotatable bonds is 8. The second kappa shape index (κ2) is 15.8. The monoisotopic (exact) mass is 765 g/mol. The molecule has 0 saturated carbocycles. The molecule has 1 amide bonds. The van der Waals surface area contributed by atoms with E-state index >= 15 is 0 Å². The van der Waals surface area contributed by atoms with Crippen molar-refractivity contribution in [2.75, 3.05) is 12.4 Å². The molecule has 17 heteroatoms. The van der Waals surface area contributed by atoms with Crippen LogP contribution in [0, 0.1) is 20.8 Å². The first-order chi connectivity index (χ1) is 25.4. The number of nitrogens with zero attached hydrogens (tertiary/aromatic N) is 1. The zero-order chi connectivity index (χ0) is 39.5. The number of amides is 1. The number of methoxy groups -OCH3 is 1. The molecule has 0 bridgehead atoms. The van der Waals surface area contributed by atoms with Gasteiger partial charge in [-0.1, -0.05) is 35.9 Å². The second-order valence-electron chi connectivity index (χ2n) is 12.9. The van der Waals surface area contributed by atoms with Gasteiger partial charge in [0.1, 0.15) is 17.4 Å². The van der Waals surface area contributed by atoms with Gasteiger partial charge in [-0.15, -0.1) is 0 Å². The van der Waals surface area contributed by atoms with Gasteiger partial charge in [0.15, 0.2) is 29.3 Å². The van der Waals surface area contributed by atoms with Gasteiger partial charge in [-0.25, -0.2) is 14.6 Å². The Kier molecular flexibility index (Phi) is 11.6. The highest BCUT2D eigenvalue weighted by Gasteiger charge is 2.53. The minimum absolute atomic E-state index is 0.00553. The van der Waals surface area contributed by atoms with Crippen molar-refractivity contribution < 1.29 is 56.1 Å². The van der Waals surface area contributed by atoms with Crippen molar-refractivity contribution in [1.82, 2.24) is 9.97 Å². The summed E-state index contributed by atoms with van der Waals surface area (Å²) in [5, 5.41) is 24.7. The smallest absolute Gasteiger partial charge is 0.364 e. The Morgan fingerprint density at radius 2 is 1.67 bits per heavy atom. The fourth-order valence-electron chi connectivity index (χ4n) is 5.77. The zero-order valence-electron chi connectivity index (χ0n) is 30.0. The summed E-state index contributed by atoms with van der Waals surface area (Å²) in [7, 11) is -2.61. The number of fused-ring (bicyclic) bond motifs is 1. The molecule has 1 aliphatic rings. The summed E-state index contributed by atoms with van der Waals surface area (Å²) in [5.74, 6) is -1.70. The molecule has 4 atom stereocenters. The van der Waals surface area contributed by atoms with Crippen LogP contribution in [-0.4, -0.2) is 82.3 Å². The van der Waals surface area contributed by atoms with Crippen LogP contribution in [0.4, 0.5) is 5.69 Å². The lowest BCUT2D eigenvalue weighted by Crippen LogP contribution is -2.65. The lowest BCUT2D eigenvalue weighted by molar-refractivity contribution is -0.305. The zero-order valence-corrected chi connectivity index (χ0v) is 30.8. The fourth-order valence-corrected chi connectivity index (χ4v) is 6.25. The Hall–Kier alpha value is -5.59. The van der Waals surface area contributed by atoms with E-state index in [0.717, 1.165) is 5.56 Å². The number of carbonyl (C=O) groups is 2. The molecule has 4 unspecified atom stereocenters. The summed E-state index contributed by atoms with van der Waals surface area (Å²) in [6.07, 6.45) is -3.58. The van der Waals surface area contributed by atoms with Crippen LogP contribution >= 0.6 is 0 Å². The van der Waals surface area contributed by atoms with Crippen molar-refractivity contribution in [2.24, 2.45) is 0 Å². The number of aromatic amines is 1. The number of aliphatic hydroxyl groups is 1. The molecule has 54 heavy (non-hydrogen) atoms. The van der Waals surface area contributed by atoms with E-state index in [4.69, 9.17) is 27.9 Å². The molecule has 1 saturated heterocycles. The quantitative estimate of drug-likeness (QED) is 0.0834. The van der Waals surface area contributed by atoms with Crippen LogP contribution in [0.5, 0.6) is 11.5 Å². The highest BCUT2D eigenvalue weighted by molar-refractivity contribution is 7.85. The number of ether oxygens (including phenoxy) is 4. The molecular formula is C37H39N3O13S. The molecule has 0 spiro atoms. The number of anilines is 1. The molecule has 2 aromatic heterocycles. The van der Waals surface area contributed by atoms with E-state index < -0.39 is 69.3 Å². The number of aromatic nitrogens is 2. The number of hydrogen-bond donors (Lipinski definition) is 5. The number of aromatic hydroxyl groups is 1. The van der Waals surface area contributed by atoms with Crippen LogP contribution in [0.3, 0.4) is 0 Å². The molecule has 6 rings (SSSR count). The highest BCUT2D eigenvalue weighted by atomic mass is 32.2. The van der Waals surface area contributed by atoms with Crippen molar-refractivity contribution in [1.29, 1.82) is 0 Å². The molecule has 5 aromatic rings. The van der Waals surface area contributed by atoms with Crippen LogP contribution in [0.2, 0.25) is 0 Å². The number of carbonyl (C=O) groups excluding carboxylic acids is 2. The molecule has 0 radical (unpaired) electrons. The normalized spacial score (nSPS) is 19.3. The number of aryl methyl sites for hydroxylation is 3. The summed E-state index contributed by atoms with van der Waals surface area (Å²) in [4.78, 5) is 45.0. The first-order valence-electron chi connectivity index (χ1n) is 16.4. The van der Waals surface area contributed by atoms with Gasteiger partial charge in [0.25, 0.3) is 16.0 Å². The molecule has 3 heterocycles. The van der Waals surface area contributed by atoms with E-state index in [-0.39, 0.29) is 32.9 Å². The van der Waals surface area contributed by atoms with Crippen molar-refractivity contribution >= 4 is 38.7 Å². The first-order valence-corrected chi connectivity index (χ1v) is 17.8. The summed E-state index contributed by atoms with van der Waals surface area (Å²) in [6.45, 7) is 8.47. The molecule has 16 nitrogen and oxygen atoms in total. The largest absolute Gasteiger partial charge is 0.505 e. The topological polar surface area (TPSA) is 237 Å². The Morgan fingerprint density at radius 1 is 1.00 bits per heavy atom.